The SMILES string of the molecule is COc1ccc(Br)cc1Nc1cc(NCCN)ncn1. The zero-order valence-corrected chi connectivity index (χ0v) is 12.6. The molecule has 0 atom stereocenters. The van der Waals surface area contributed by atoms with E-state index in [1.165, 1.54) is 6.33 Å². The molecule has 0 unspecified atom stereocenters. The maximum Gasteiger partial charge on any atom is 0.142 e. The Labute approximate surface area is 125 Å². The van der Waals surface area contributed by atoms with E-state index >= 15 is 0 Å². The maximum atomic E-state index is 5.45. The van der Waals surface area contributed by atoms with E-state index in [2.05, 4.69) is 36.5 Å². The van der Waals surface area contributed by atoms with Crippen molar-refractivity contribution in [2.75, 3.05) is 30.8 Å². The zero-order valence-electron chi connectivity index (χ0n) is 11.1. The van der Waals surface area contributed by atoms with Crippen molar-refractivity contribution in [1.82, 2.24) is 9.97 Å². The number of halogens is 1. The van der Waals surface area contributed by atoms with Crippen molar-refractivity contribution in [1.29, 1.82) is 0 Å². The molecule has 0 radical (unpaired) electrons. The predicted octanol–water partition coefficient (Wildman–Crippen LogP) is 2.36. The quantitative estimate of drug-likeness (QED) is 0.750. The lowest BCUT2D eigenvalue weighted by atomic mass is 10.3. The molecule has 106 valence electrons. The fourth-order valence-corrected chi connectivity index (χ4v) is 2.00. The molecular weight excluding hydrogens is 322 g/mol. The fourth-order valence-electron chi connectivity index (χ4n) is 1.64. The van der Waals surface area contributed by atoms with Crippen LogP contribution in [0.5, 0.6) is 5.75 Å². The molecule has 0 fully saturated rings. The van der Waals surface area contributed by atoms with Gasteiger partial charge < -0.3 is 21.1 Å². The van der Waals surface area contributed by atoms with E-state index in [-0.39, 0.29) is 0 Å². The van der Waals surface area contributed by atoms with E-state index in [0.717, 1.165) is 21.7 Å². The summed E-state index contributed by atoms with van der Waals surface area (Å²) in [6.07, 6.45) is 1.49. The number of methoxy groups -OCH3 is 1. The van der Waals surface area contributed by atoms with Crippen molar-refractivity contribution in [2.45, 2.75) is 0 Å². The van der Waals surface area contributed by atoms with Crippen molar-refractivity contribution in [3.05, 3.63) is 35.1 Å². The Morgan fingerprint density at radius 3 is 2.80 bits per heavy atom. The molecule has 6 nitrogen and oxygen atoms in total. The molecule has 0 saturated heterocycles. The molecule has 2 rings (SSSR count). The third kappa shape index (κ3) is 3.82. The van der Waals surface area contributed by atoms with Crippen LogP contribution in [0.3, 0.4) is 0 Å². The van der Waals surface area contributed by atoms with Gasteiger partial charge in [0.1, 0.15) is 23.7 Å². The lowest BCUT2D eigenvalue weighted by Crippen LogP contribution is -2.14. The van der Waals surface area contributed by atoms with Crippen molar-refractivity contribution in [2.24, 2.45) is 5.73 Å². The summed E-state index contributed by atoms with van der Waals surface area (Å²) < 4.78 is 6.26. The molecular formula is C13H16BrN5O. The van der Waals surface area contributed by atoms with Gasteiger partial charge in [0.05, 0.1) is 12.8 Å². The summed E-state index contributed by atoms with van der Waals surface area (Å²) in [5.41, 5.74) is 6.27. The molecule has 4 N–H and O–H groups in total. The average Bonchev–Trinajstić information content (AvgIpc) is 2.46. The smallest absolute Gasteiger partial charge is 0.142 e. The molecule has 0 aliphatic rings. The Bertz CT molecular complexity index is 578. The van der Waals surface area contributed by atoms with Gasteiger partial charge in [-0.25, -0.2) is 9.97 Å². The summed E-state index contributed by atoms with van der Waals surface area (Å²) in [6.45, 7) is 1.21. The molecule has 0 spiro atoms. The number of nitrogens with one attached hydrogen (secondary N) is 2. The Hall–Kier alpha value is -1.86. The van der Waals surface area contributed by atoms with Crippen molar-refractivity contribution < 1.29 is 4.74 Å². The molecule has 2 aromatic rings. The van der Waals surface area contributed by atoms with Crippen molar-refractivity contribution in [3.63, 3.8) is 0 Å². The number of nitrogens with zero attached hydrogens (tertiary/aromatic N) is 2. The number of nitrogens with two attached hydrogens (primary N) is 1. The van der Waals surface area contributed by atoms with Gasteiger partial charge in [0, 0.05) is 23.6 Å². The van der Waals surface area contributed by atoms with Gasteiger partial charge in [-0.05, 0) is 18.2 Å². The first kappa shape index (κ1) is 14.5. The Kier molecular flexibility index (Phi) is 5.14. The van der Waals surface area contributed by atoms with Gasteiger partial charge in [0.25, 0.3) is 0 Å². The first-order valence-electron chi connectivity index (χ1n) is 6.09. The molecule has 7 heteroatoms. The van der Waals surface area contributed by atoms with Crippen molar-refractivity contribution >= 4 is 33.3 Å². The van der Waals surface area contributed by atoms with Crippen LogP contribution in [0, 0.1) is 0 Å². The summed E-state index contributed by atoms with van der Waals surface area (Å²) in [5.74, 6) is 2.14. The standard InChI is InChI=1S/C13H16BrN5O/c1-20-11-3-2-9(14)6-10(11)19-13-7-12(16-5-4-15)17-8-18-13/h2-3,6-8H,4-5,15H2,1H3,(H2,16,17,18,19). The number of benzene rings is 1. The molecule has 0 aliphatic heterocycles. The number of hydrogen-bond acceptors (Lipinski definition) is 6. The minimum Gasteiger partial charge on any atom is -0.495 e. The van der Waals surface area contributed by atoms with Gasteiger partial charge in [0.15, 0.2) is 0 Å². The van der Waals surface area contributed by atoms with Crippen LogP contribution in [0.25, 0.3) is 0 Å². The van der Waals surface area contributed by atoms with Crippen LogP contribution in [0.1, 0.15) is 0 Å². The second-order valence-corrected chi connectivity index (χ2v) is 4.89. The lowest BCUT2D eigenvalue weighted by Gasteiger charge is -2.11. The first-order chi connectivity index (χ1) is 9.72. The second kappa shape index (κ2) is 7.06. The molecule has 0 bridgehead atoms. The van der Waals surface area contributed by atoms with Gasteiger partial charge in [-0.3, -0.25) is 0 Å². The van der Waals surface area contributed by atoms with Gasteiger partial charge in [0.2, 0.25) is 0 Å². The van der Waals surface area contributed by atoms with Crippen LogP contribution < -0.4 is 21.1 Å². The monoisotopic (exact) mass is 337 g/mol. The highest BCUT2D eigenvalue weighted by molar-refractivity contribution is 9.10. The lowest BCUT2D eigenvalue weighted by molar-refractivity contribution is 0.416. The molecule has 1 aromatic carbocycles. The zero-order chi connectivity index (χ0) is 14.4. The number of aromatic nitrogens is 2. The van der Waals surface area contributed by atoms with E-state index in [0.29, 0.717) is 18.9 Å². The molecule has 0 amide bonds. The highest BCUT2D eigenvalue weighted by atomic mass is 79.9. The topological polar surface area (TPSA) is 85.1 Å². The van der Waals surface area contributed by atoms with E-state index in [1.807, 2.05) is 24.3 Å². The summed E-state index contributed by atoms with van der Waals surface area (Å²) in [5, 5.41) is 6.31. The van der Waals surface area contributed by atoms with E-state index in [1.54, 1.807) is 7.11 Å². The van der Waals surface area contributed by atoms with E-state index < -0.39 is 0 Å². The number of rotatable bonds is 6. The normalized spacial score (nSPS) is 10.2. The van der Waals surface area contributed by atoms with Gasteiger partial charge in [-0.15, -0.1) is 0 Å². The van der Waals surface area contributed by atoms with E-state index in [9.17, 15) is 0 Å². The van der Waals surface area contributed by atoms with Crippen LogP contribution in [0.2, 0.25) is 0 Å². The Morgan fingerprint density at radius 2 is 2.05 bits per heavy atom. The van der Waals surface area contributed by atoms with Gasteiger partial charge in [-0.1, -0.05) is 15.9 Å². The minimum atomic E-state index is 0.548. The molecule has 20 heavy (non-hydrogen) atoms. The molecule has 1 heterocycles. The van der Waals surface area contributed by atoms with Crippen LogP contribution in [0.15, 0.2) is 35.1 Å². The van der Waals surface area contributed by atoms with Gasteiger partial charge in [-0.2, -0.15) is 0 Å². The van der Waals surface area contributed by atoms with E-state index in [4.69, 9.17) is 10.5 Å². The maximum absolute atomic E-state index is 5.45. The molecule has 1 aromatic heterocycles. The first-order valence-corrected chi connectivity index (χ1v) is 6.89. The summed E-state index contributed by atoms with van der Waals surface area (Å²) in [7, 11) is 1.63. The third-order valence-corrected chi connectivity index (χ3v) is 3.04. The van der Waals surface area contributed by atoms with Crippen LogP contribution >= 0.6 is 15.9 Å². The highest BCUT2D eigenvalue weighted by Crippen LogP contribution is 2.30. The summed E-state index contributed by atoms with van der Waals surface area (Å²) in [6, 6.07) is 7.53. The van der Waals surface area contributed by atoms with Crippen LogP contribution in [0.4, 0.5) is 17.3 Å². The van der Waals surface area contributed by atoms with Crippen LogP contribution in [-0.2, 0) is 0 Å². The third-order valence-electron chi connectivity index (χ3n) is 2.54. The van der Waals surface area contributed by atoms with Gasteiger partial charge >= 0.3 is 0 Å². The molecule has 0 saturated carbocycles. The summed E-state index contributed by atoms with van der Waals surface area (Å²) in [4.78, 5) is 8.30. The number of hydrogen-bond donors (Lipinski definition) is 3. The minimum absolute atomic E-state index is 0.548. The average molecular weight is 338 g/mol. The Morgan fingerprint density at radius 1 is 1.25 bits per heavy atom. The summed E-state index contributed by atoms with van der Waals surface area (Å²) >= 11 is 3.43. The van der Waals surface area contributed by atoms with Crippen LogP contribution in [-0.4, -0.2) is 30.2 Å². The number of ether oxygens (including phenoxy) is 1. The molecule has 0 aliphatic carbocycles. The Balaban J connectivity index is 2.19. The highest BCUT2D eigenvalue weighted by Gasteiger charge is 2.05. The largest absolute Gasteiger partial charge is 0.495 e. The number of anilines is 3. The fraction of sp³-hybridized carbons (Fsp3) is 0.231. The predicted molar refractivity (Wildman–Crippen MR) is 83.6 cm³/mol. The second-order valence-electron chi connectivity index (χ2n) is 3.97. The van der Waals surface area contributed by atoms with Crippen molar-refractivity contribution in [3.8, 4) is 5.75 Å².